The molecule has 0 saturated heterocycles. The summed E-state index contributed by atoms with van der Waals surface area (Å²) in [5, 5.41) is 11.9. The molecule has 0 fully saturated rings. The molecule has 8 nitrogen and oxygen atoms in total. The van der Waals surface area contributed by atoms with Crippen LogP contribution in [-0.4, -0.2) is 66.9 Å². The first-order valence-electron chi connectivity index (χ1n) is 11.3. The number of fused-ring (bicyclic) bond motifs is 3. The van der Waals surface area contributed by atoms with Gasteiger partial charge in [0.15, 0.2) is 0 Å². The molecule has 0 unspecified atom stereocenters. The summed E-state index contributed by atoms with van der Waals surface area (Å²) in [4.78, 5) is 37.4. The molecule has 0 spiro atoms. The molecular formula is C26H32N2O6. The number of hydrogen-bond donors (Lipinski definition) is 2. The minimum atomic E-state index is -1.08. The van der Waals surface area contributed by atoms with Crippen LogP contribution in [-0.2, 0) is 19.1 Å². The minimum absolute atomic E-state index is 0.0341. The fourth-order valence-electron chi connectivity index (χ4n) is 4.21. The third kappa shape index (κ3) is 6.35. The van der Waals surface area contributed by atoms with Crippen LogP contribution in [0.25, 0.3) is 11.1 Å². The molecular weight excluding hydrogens is 436 g/mol. The lowest BCUT2D eigenvalue weighted by Gasteiger charge is -2.27. The van der Waals surface area contributed by atoms with Crippen LogP contribution in [0.4, 0.5) is 4.79 Å². The van der Waals surface area contributed by atoms with Gasteiger partial charge in [-0.15, -0.1) is 0 Å². The van der Waals surface area contributed by atoms with Gasteiger partial charge in [-0.1, -0.05) is 48.5 Å². The molecule has 0 saturated carbocycles. The fourth-order valence-corrected chi connectivity index (χ4v) is 4.21. The summed E-state index contributed by atoms with van der Waals surface area (Å²) >= 11 is 0. The van der Waals surface area contributed by atoms with Gasteiger partial charge in [0.05, 0.1) is 6.61 Å². The lowest BCUT2D eigenvalue weighted by Crippen LogP contribution is -2.45. The topological polar surface area (TPSA) is 105 Å². The normalized spacial score (nSPS) is 12.6. The highest BCUT2D eigenvalue weighted by molar-refractivity contribution is 5.81. The highest BCUT2D eigenvalue weighted by atomic mass is 16.5. The number of amides is 2. The molecule has 0 heterocycles. The Kier molecular flexibility index (Phi) is 8.28. The second-order valence-electron chi connectivity index (χ2n) is 9.04. The van der Waals surface area contributed by atoms with Crippen molar-refractivity contribution >= 4 is 18.0 Å². The van der Waals surface area contributed by atoms with Crippen molar-refractivity contribution in [3.8, 4) is 11.1 Å². The predicted molar refractivity (Wildman–Crippen MR) is 128 cm³/mol. The number of rotatable bonds is 11. The monoisotopic (exact) mass is 468 g/mol. The van der Waals surface area contributed by atoms with Crippen molar-refractivity contribution in [3.05, 3.63) is 59.7 Å². The molecule has 0 atom stereocenters. The van der Waals surface area contributed by atoms with E-state index in [1.165, 1.54) is 12.0 Å². The van der Waals surface area contributed by atoms with Crippen molar-refractivity contribution in [2.24, 2.45) is 0 Å². The lowest BCUT2D eigenvalue weighted by molar-refractivity contribution is -0.145. The van der Waals surface area contributed by atoms with Gasteiger partial charge >= 0.3 is 12.1 Å². The van der Waals surface area contributed by atoms with E-state index in [2.05, 4.69) is 29.6 Å². The number of methoxy groups -OCH3 is 1. The number of nitrogens with one attached hydrogen (secondary N) is 1. The van der Waals surface area contributed by atoms with Gasteiger partial charge in [-0.05, 0) is 42.5 Å². The molecule has 2 aromatic rings. The van der Waals surface area contributed by atoms with Gasteiger partial charge in [0.1, 0.15) is 13.2 Å². The zero-order chi connectivity index (χ0) is 24.7. The van der Waals surface area contributed by atoms with Gasteiger partial charge in [-0.2, -0.15) is 0 Å². The highest BCUT2D eigenvalue weighted by Gasteiger charge is 2.30. The Bertz CT molecular complexity index is 990. The molecule has 0 radical (unpaired) electrons. The van der Waals surface area contributed by atoms with Crippen LogP contribution < -0.4 is 5.32 Å². The van der Waals surface area contributed by atoms with Gasteiger partial charge in [-0.25, -0.2) is 4.79 Å². The van der Waals surface area contributed by atoms with Crippen LogP contribution in [0.3, 0.4) is 0 Å². The molecule has 2 aromatic carbocycles. The summed E-state index contributed by atoms with van der Waals surface area (Å²) in [7, 11) is 1.49. The summed E-state index contributed by atoms with van der Waals surface area (Å²) in [5.41, 5.74) is 3.87. The Labute approximate surface area is 199 Å². The van der Waals surface area contributed by atoms with Gasteiger partial charge < -0.3 is 24.8 Å². The number of aliphatic carboxylic acids is 1. The number of nitrogens with zero attached hydrogens (tertiary/aromatic N) is 1. The maximum Gasteiger partial charge on any atom is 0.407 e. The van der Waals surface area contributed by atoms with Crippen molar-refractivity contribution in [3.63, 3.8) is 0 Å². The van der Waals surface area contributed by atoms with Crippen molar-refractivity contribution < 1.29 is 29.0 Å². The van der Waals surface area contributed by atoms with Crippen molar-refractivity contribution in [1.29, 1.82) is 0 Å². The van der Waals surface area contributed by atoms with Crippen molar-refractivity contribution in [2.45, 2.75) is 38.1 Å². The van der Waals surface area contributed by atoms with E-state index in [4.69, 9.17) is 14.6 Å². The molecule has 0 bridgehead atoms. The molecule has 34 heavy (non-hydrogen) atoms. The van der Waals surface area contributed by atoms with E-state index in [0.717, 1.165) is 22.3 Å². The molecule has 1 aliphatic carbocycles. The fraction of sp³-hybridized carbons (Fsp3) is 0.423. The van der Waals surface area contributed by atoms with Gasteiger partial charge in [-0.3, -0.25) is 9.59 Å². The summed E-state index contributed by atoms with van der Waals surface area (Å²) in [6.45, 7) is 3.87. The van der Waals surface area contributed by atoms with Gasteiger partial charge in [0, 0.05) is 31.5 Å². The Balaban J connectivity index is 1.54. The van der Waals surface area contributed by atoms with Gasteiger partial charge in [0.25, 0.3) is 0 Å². The maximum absolute atomic E-state index is 12.6. The molecule has 8 heteroatoms. The number of ether oxygens (including phenoxy) is 2. The van der Waals surface area contributed by atoms with E-state index in [1.54, 1.807) is 13.8 Å². The van der Waals surface area contributed by atoms with Crippen LogP contribution in [0.5, 0.6) is 0 Å². The Morgan fingerprint density at radius 3 is 2.18 bits per heavy atom. The highest BCUT2D eigenvalue weighted by Crippen LogP contribution is 2.44. The Hall–Kier alpha value is -3.39. The molecule has 0 aliphatic heterocycles. The SMILES string of the molecule is COCCN(CC(=O)O)C(=O)CCC(C)(C)NC(=O)OCC1c2ccccc2-c2ccccc21. The predicted octanol–water partition coefficient (Wildman–Crippen LogP) is 3.64. The minimum Gasteiger partial charge on any atom is -0.480 e. The van der Waals surface area contributed by atoms with E-state index in [0.29, 0.717) is 6.42 Å². The summed E-state index contributed by atoms with van der Waals surface area (Å²) in [6, 6.07) is 16.2. The zero-order valence-corrected chi connectivity index (χ0v) is 19.9. The molecule has 1 aliphatic rings. The third-order valence-electron chi connectivity index (χ3n) is 5.99. The van der Waals surface area contributed by atoms with Crippen LogP contribution in [0, 0.1) is 0 Å². The van der Waals surface area contributed by atoms with Crippen LogP contribution in [0.15, 0.2) is 48.5 Å². The number of hydrogen-bond acceptors (Lipinski definition) is 5. The number of carbonyl (C=O) groups is 3. The second kappa shape index (κ2) is 11.2. The first-order valence-corrected chi connectivity index (χ1v) is 11.3. The maximum atomic E-state index is 12.6. The lowest BCUT2D eigenvalue weighted by atomic mass is 9.98. The number of carboxylic acid groups (broad SMARTS) is 1. The van der Waals surface area contributed by atoms with Gasteiger partial charge in [0.2, 0.25) is 5.91 Å². The van der Waals surface area contributed by atoms with Crippen LogP contribution >= 0.6 is 0 Å². The molecule has 2 N–H and O–H groups in total. The van der Waals surface area contributed by atoms with E-state index in [9.17, 15) is 14.4 Å². The quantitative estimate of drug-likeness (QED) is 0.522. The third-order valence-corrected chi connectivity index (χ3v) is 5.99. The average molecular weight is 469 g/mol. The number of benzene rings is 2. The number of carboxylic acids is 1. The van der Waals surface area contributed by atoms with E-state index in [1.807, 2.05) is 24.3 Å². The van der Waals surface area contributed by atoms with Crippen LogP contribution in [0.1, 0.15) is 43.7 Å². The second-order valence-corrected chi connectivity index (χ2v) is 9.04. The standard InChI is InChI=1S/C26H32N2O6/c1-26(2,13-12-23(29)28(14-15-33-3)16-24(30)31)27-25(32)34-17-22-20-10-6-4-8-18(20)19-9-5-7-11-21(19)22/h4-11,22H,12-17H2,1-3H3,(H,27,32)(H,30,31). The molecule has 3 rings (SSSR count). The summed E-state index contributed by atoms with van der Waals surface area (Å²) < 4.78 is 10.6. The molecule has 182 valence electrons. The first kappa shape index (κ1) is 25.2. The smallest absolute Gasteiger partial charge is 0.407 e. The number of carbonyl (C=O) groups excluding carboxylic acids is 2. The van der Waals surface area contributed by atoms with Crippen LogP contribution in [0.2, 0.25) is 0 Å². The average Bonchev–Trinajstić information content (AvgIpc) is 3.12. The molecule has 0 aromatic heterocycles. The van der Waals surface area contributed by atoms with Crippen molar-refractivity contribution in [2.75, 3.05) is 33.4 Å². The zero-order valence-electron chi connectivity index (χ0n) is 19.9. The molecule has 2 amide bonds. The Morgan fingerprint density at radius 1 is 1.03 bits per heavy atom. The van der Waals surface area contributed by atoms with E-state index < -0.39 is 17.6 Å². The summed E-state index contributed by atoms with van der Waals surface area (Å²) in [6.07, 6.45) is -0.131. The van der Waals surface area contributed by atoms with E-state index >= 15 is 0 Å². The van der Waals surface area contributed by atoms with E-state index in [-0.39, 0.29) is 44.5 Å². The largest absolute Gasteiger partial charge is 0.480 e. The van der Waals surface area contributed by atoms with Crippen molar-refractivity contribution in [1.82, 2.24) is 10.2 Å². The number of alkyl carbamates (subject to hydrolysis) is 1. The Morgan fingerprint density at radius 2 is 1.62 bits per heavy atom. The first-order chi connectivity index (χ1) is 16.2. The summed E-state index contributed by atoms with van der Waals surface area (Å²) in [5.74, 6) is -1.42.